The molecule has 0 aliphatic carbocycles. The van der Waals surface area contributed by atoms with Crippen LogP contribution in [0.4, 0.5) is 4.79 Å². The Labute approximate surface area is 147 Å². The van der Waals surface area contributed by atoms with E-state index in [0.29, 0.717) is 0 Å². The van der Waals surface area contributed by atoms with Gasteiger partial charge in [-0.2, -0.15) is 0 Å². The molecule has 13 heteroatoms. The van der Waals surface area contributed by atoms with Gasteiger partial charge in [0.05, 0.1) is 6.61 Å². The zero-order valence-corrected chi connectivity index (χ0v) is 13.5. The molecule has 152 valence electrons. The Bertz CT molecular complexity index is 494. The summed E-state index contributed by atoms with van der Waals surface area (Å²) in [6.07, 6.45) is -14.3. The molecule has 2 fully saturated rings. The molecule has 0 aromatic carbocycles. The largest absolute Gasteiger partial charge is 0.447 e. The fourth-order valence-electron chi connectivity index (χ4n) is 2.78. The normalized spacial score (nSPS) is 46.3. The highest BCUT2D eigenvalue weighted by molar-refractivity contribution is 5.64. The second-order valence-electron chi connectivity index (χ2n) is 6.01. The van der Waals surface area contributed by atoms with Crippen LogP contribution in [0.15, 0.2) is 0 Å². The molecule has 9 atom stereocenters. The maximum Gasteiger partial charge on any atom is 0.404 e. The SMILES string of the molecule is NC(=O)OC[C@H]1O[C@H](O[C@]2(CO)O[C@H](CO)[C@@H](O)[C@@H]2O)[C@H](O)[C@@H](O)[C@@H]1O. The standard InChI is InChI=1S/C13H23NO12/c14-12(22)23-2-5-6(17)8(19)9(20)11(24-5)26-13(3-16)10(21)7(18)4(1-15)25-13/h4-11,15-21H,1-3H2,(H2,14,22)/t4-,5-,6-,7-,8+,9-,10+,11-,13+/m1/s1. The molecule has 2 rings (SSSR count). The topological polar surface area (TPSA) is 222 Å². The van der Waals surface area contributed by atoms with Crippen LogP contribution in [0, 0.1) is 0 Å². The van der Waals surface area contributed by atoms with Gasteiger partial charge in [-0.05, 0) is 0 Å². The van der Waals surface area contributed by atoms with E-state index >= 15 is 0 Å². The first-order valence-electron chi connectivity index (χ1n) is 7.72. The summed E-state index contributed by atoms with van der Waals surface area (Å²) in [5, 5.41) is 68.4. The fraction of sp³-hybridized carbons (Fsp3) is 0.923. The van der Waals surface area contributed by atoms with Crippen LogP contribution in [0.1, 0.15) is 0 Å². The number of aliphatic hydroxyl groups is 7. The van der Waals surface area contributed by atoms with Gasteiger partial charge in [0.2, 0.25) is 5.79 Å². The van der Waals surface area contributed by atoms with Crippen LogP contribution in [-0.4, -0.2) is 116 Å². The number of aliphatic hydroxyl groups excluding tert-OH is 7. The van der Waals surface area contributed by atoms with Gasteiger partial charge in [-0.1, -0.05) is 0 Å². The van der Waals surface area contributed by atoms with Crippen LogP contribution in [0.3, 0.4) is 0 Å². The van der Waals surface area contributed by atoms with Gasteiger partial charge in [-0.25, -0.2) is 4.79 Å². The van der Waals surface area contributed by atoms with Crippen molar-refractivity contribution in [1.82, 2.24) is 0 Å². The van der Waals surface area contributed by atoms with Crippen molar-refractivity contribution in [2.75, 3.05) is 19.8 Å². The third-order valence-electron chi connectivity index (χ3n) is 4.28. The van der Waals surface area contributed by atoms with Crippen molar-refractivity contribution >= 4 is 6.09 Å². The van der Waals surface area contributed by atoms with Crippen molar-refractivity contribution < 1.29 is 59.5 Å². The highest BCUT2D eigenvalue weighted by Crippen LogP contribution is 2.35. The Morgan fingerprint density at radius 3 is 2.15 bits per heavy atom. The summed E-state index contributed by atoms with van der Waals surface area (Å²) < 4.78 is 20.1. The van der Waals surface area contributed by atoms with Gasteiger partial charge in [-0.3, -0.25) is 0 Å². The van der Waals surface area contributed by atoms with E-state index in [1.165, 1.54) is 0 Å². The van der Waals surface area contributed by atoms with Crippen molar-refractivity contribution in [2.45, 2.75) is 54.8 Å². The Balaban J connectivity index is 2.16. The van der Waals surface area contributed by atoms with Gasteiger partial charge >= 0.3 is 6.09 Å². The lowest BCUT2D eigenvalue weighted by Gasteiger charge is -2.43. The third-order valence-corrected chi connectivity index (χ3v) is 4.28. The first kappa shape index (κ1) is 21.2. The van der Waals surface area contributed by atoms with Crippen molar-refractivity contribution in [3.8, 4) is 0 Å². The lowest BCUT2D eigenvalue weighted by molar-refractivity contribution is -0.383. The van der Waals surface area contributed by atoms with Crippen molar-refractivity contribution in [1.29, 1.82) is 0 Å². The van der Waals surface area contributed by atoms with Crippen LogP contribution < -0.4 is 5.73 Å². The second-order valence-corrected chi connectivity index (χ2v) is 6.01. The number of nitrogens with two attached hydrogens (primary N) is 1. The Morgan fingerprint density at radius 2 is 1.65 bits per heavy atom. The van der Waals surface area contributed by atoms with Gasteiger partial charge < -0.3 is 60.4 Å². The molecule has 9 N–H and O–H groups in total. The fourth-order valence-corrected chi connectivity index (χ4v) is 2.78. The number of hydrogen-bond donors (Lipinski definition) is 8. The molecule has 0 aromatic rings. The quantitative estimate of drug-likeness (QED) is 0.215. The average Bonchev–Trinajstić information content (AvgIpc) is 2.86. The van der Waals surface area contributed by atoms with Gasteiger partial charge in [0, 0.05) is 0 Å². The van der Waals surface area contributed by atoms with E-state index in [0.717, 1.165) is 0 Å². The highest BCUT2D eigenvalue weighted by atomic mass is 16.8. The van der Waals surface area contributed by atoms with Gasteiger partial charge in [-0.15, -0.1) is 0 Å². The molecule has 0 saturated carbocycles. The summed E-state index contributed by atoms with van der Waals surface area (Å²) in [5.74, 6) is -2.28. The molecule has 2 aliphatic heterocycles. The first-order chi connectivity index (χ1) is 12.2. The van der Waals surface area contributed by atoms with E-state index < -0.39 is 80.7 Å². The minimum atomic E-state index is -2.28. The summed E-state index contributed by atoms with van der Waals surface area (Å²) in [7, 11) is 0. The van der Waals surface area contributed by atoms with Gasteiger partial charge in [0.25, 0.3) is 0 Å². The zero-order valence-electron chi connectivity index (χ0n) is 13.5. The van der Waals surface area contributed by atoms with E-state index in [2.05, 4.69) is 4.74 Å². The number of primary amides is 1. The van der Waals surface area contributed by atoms with Crippen LogP contribution >= 0.6 is 0 Å². The summed E-state index contributed by atoms with van der Waals surface area (Å²) >= 11 is 0. The minimum Gasteiger partial charge on any atom is -0.447 e. The Kier molecular flexibility index (Phi) is 6.73. The Hall–Kier alpha value is -1.13. The summed E-state index contributed by atoms with van der Waals surface area (Å²) in [6.45, 7) is -2.29. The van der Waals surface area contributed by atoms with Crippen LogP contribution in [-0.2, 0) is 18.9 Å². The molecule has 2 saturated heterocycles. The molecular weight excluding hydrogens is 362 g/mol. The van der Waals surface area contributed by atoms with Crippen molar-refractivity contribution in [2.24, 2.45) is 5.73 Å². The van der Waals surface area contributed by atoms with E-state index in [9.17, 15) is 35.4 Å². The molecule has 0 bridgehead atoms. The number of carbonyl (C=O) groups excluding carboxylic acids is 1. The molecule has 2 aliphatic rings. The molecule has 0 spiro atoms. The number of amides is 1. The molecular formula is C13H23NO12. The van der Waals surface area contributed by atoms with Crippen LogP contribution in [0.2, 0.25) is 0 Å². The Morgan fingerprint density at radius 1 is 1.00 bits per heavy atom. The molecule has 2 heterocycles. The predicted octanol–water partition coefficient (Wildman–Crippen LogP) is -5.29. The maximum absolute atomic E-state index is 10.7. The van der Waals surface area contributed by atoms with E-state index in [-0.39, 0.29) is 0 Å². The first-order valence-corrected chi connectivity index (χ1v) is 7.72. The minimum absolute atomic E-state index is 0.586. The molecule has 13 nitrogen and oxygen atoms in total. The molecule has 26 heavy (non-hydrogen) atoms. The maximum atomic E-state index is 10.7. The second kappa shape index (κ2) is 8.26. The highest BCUT2D eigenvalue weighted by Gasteiger charge is 2.58. The van der Waals surface area contributed by atoms with Gasteiger partial charge in [0.1, 0.15) is 55.9 Å². The summed E-state index contributed by atoms with van der Waals surface area (Å²) in [4.78, 5) is 10.7. The molecule has 0 radical (unpaired) electrons. The molecule has 1 amide bonds. The van der Waals surface area contributed by atoms with E-state index in [1.807, 2.05) is 0 Å². The summed E-state index contributed by atoms with van der Waals surface area (Å²) in [5.41, 5.74) is 4.81. The van der Waals surface area contributed by atoms with E-state index in [4.69, 9.17) is 25.1 Å². The zero-order chi connectivity index (χ0) is 19.6. The monoisotopic (exact) mass is 385 g/mol. The molecule has 0 unspecified atom stereocenters. The number of rotatable bonds is 6. The van der Waals surface area contributed by atoms with Crippen LogP contribution in [0.5, 0.6) is 0 Å². The van der Waals surface area contributed by atoms with Crippen molar-refractivity contribution in [3.63, 3.8) is 0 Å². The van der Waals surface area contributed by atoms with Gasteiger partial charge in [0.15, 0.2) is 6.29 Å². The predicted molar refractivity (Wildman–Crippen MR) is 77.1 cm³/mol. The smallest absolute Gasteiger partial charge is 0.404 e. The average molecular weight is 385 g/mol. The number of hydrogen-bond acceptors (Lipinski definition) is 12. The molecule has 0 aromatic heterocycles. The van der Waals surface area contributed by atoms with Crippen molar-refractivity contribution in [3.05, 3.63) is 0 Å². The summed E-state index contributed by atoms with van der Waals surface area (Å²) in [6, 6.07) is 0. The lowest BCUT2D eigenvalue weighted by Crippen LogP contribution is -2.63. The van der Waals surface area contributed by atoms with E-state index in [1.54, 1.807) is 0 Å². The number of ether oxygens (including phenoxy) is 4. The number of carbonyl (C=O) groups is 1. The van der Waals surface area contributed by atoms with Crippen LogP contribution in [0.25, 0.3) is 0 Å². The third kappa shape index (κ3) is 3.91. The lowest BCUT2D eigenvalue weighted by atomic mass is 9.99.